The minimum Gasteiger partial charge on any atom is -0.379 e. The van der Waals surface area contributed by atoms with Crippen LogP contribution in [0.4, 0.5) is 0 Å². The number of rotatable bonds is 25. The third-order valence-corrected chi connectivity index (χ3v) is 6.30. The van der Waals surface area contributed by atoms with Crippen molar-refractivity contribution < 1.29 is 10.2 Å². The van der Waals surface area contributed by atoms with Crippen molar-refractivity contribution in [2.45, 2.75) is 174 Å². The summed E-state index contributed by atoms with van der Waals surface area (Å²) in [6, 6.07) is 0. The van der Waals surface area contributed by atoms with Gasteiger partial charge in [-0.3, -0.25) is 5.32 Å². The van der Waals surface area contributed by atoms with Crippen LogP contribution in [0.15, 0.2) is 0 Å². The topological polar surface area (TPSA) is 52.5 Å². The molecule has 0 amide bonds. The number of unbranched alkanes of at least 4 members (excludes halogenated alkanes) is 19. The van der Waals surface area contributed by atoms with Gasteiger partial charge < -0.3 is 10.2 Å². The molecule has 0 heterocycles. The highest BCUT2D eigenvalue weighted by atomic mass is 16.3. The van der Waals surface area contributed by atoms with E-state index in [1.54, 1.807) is 0 Å². The molecule has 0 aliphatic rings. The maximum absolute atomic E-state index is 10.0. The quantitative estimate of drug-likeness (QED) is 0.102. The van der Waals surface area contributed by atoms with Gasteiger partial charge in [-0.1, -0.05) is 136 Å². The average Bonchev–Trinajstić information content (AvgIpc) is 2.73. The molecule has 30 heavy (non-hydrogen) atoms. The Balaban J connectivity index is 3.24. The number of nitrogens with one attached hydrogen (secondary N) is 1. The molecule has 0 spiro atoms. The van der Waals surface area contributed by atoms with E-state index in [-0.39, 0.29) is 0 Å². The summed E-state index contributed by atoms with van der Waals surface area (Å²) in [5, 5.41) is 22.9. The van der Waals surface area contributed by atoms with Gasteiger partial charge in [0.15, 0.2) is 0 Å². The maximum Gasteiger partial charge on any atom is 0.106 e. The van der Waals surface area contributed by atoms with Gasteiger partial charge in [0.1, 0.15) is 12.5 Å². The van der Waals surface area contributed by atoms with Gasteiger partial charge >= 0.3 is 0 Å². The Morgan fingerprint density at radius 1 is 0.400 bits per heavy atom. The fourth-order valence-electron chi connectivity index (χ4n) is 4.22. The Bertz CT molecular complexity index is 311. The smallest absolute Gasteiger partial charge is 0.106 e. The summed E-state index contributed by atoms with van der Waals surface area (Å²) in [4.78, 5) is 0. The summed E-state index contributed by atoms with van der Waals surface area (Å²) >= 11 is 0. The Morgan fingerprint density at radius 3 is 0.900 bits per heavy atom. The third-order valence-electron chi connectivity index (χ3n) is 6.30. The van der Waals surface area contributed by atoms with Crippen LogP contribution < -0.4 is 5.32 Å². The van der Waals surface area contributed by atoms with Crippen molar-refractivity contribution in [3.63, 3.8) is 0 Å². The van der Waals surface area contributed by atoms with Crippen LogP contribution in [-0.4, -0.2) is 22.7 Å². The molecule has 0 saturated carbocycles. The highest BCUT2D eigenvalue weighted by Gasteiger charge is 2.09. The first-order valence-electron chi connectivity index (χ1n) is 13.8. The van der Waals surface area contributed by atoms with Crippen molar-refractivity contribution in [3.05, 3.63) is 0 Å². The molecule has 0 aromatic rings. The number of hydrogen-bond acceptors (Lipinski definition) is 3. The van der Waals surface area contributed by atoms with Crippen molar-refractivity contribution >= 4 is 0 Å². The van der Waals surface area contributed by atoms with Crippen LogP contribution in [0.1, 0.15) is 162 Å². The summed E-state index contributed by atoms with van der Waals surface area (Å²) in [6.45, 7) is 4.51. The second-order valence-corrected chi connectivity index (χ2v) is 9.49. The van der Waals surface area contributed by atoms with Crippen LogP contribution in [0.2, 0.25) is 0 Å². The standard InChI is InChI=1S/C27H57NO2/c1-3-5-7-9-11-12-13-14-15-16-17-18-19-21-23-25-27(30)28-26(29)24-22-20-10-8-6-4-2/h26-30H,3-25H2,1-2H3. The molecule has 0 radical (unpaired) electrons. The highest BCUT2D eigenvalue weighted by molar-refractivity contribution is 4.59. The molecule has 2 atom stereocenters. The van der Waals surface area contributed by atoms with Gasteiger partial charge in [-0.05, 0) is 25.7 Å². The SMILES string of the molecule is CCCCCCCCCCCCCCCCCC(O)NC(O)CCCCCCCC. The largest absolute Gasteiger partial charge is 0.379 e. The molecule has 0 aromatic heterocycles. The van der Waals surface area contributed by atoms with E-state index in [9.17, 15) is 10.2 Å². The summed E-state index contributed by atoms with van der Waals surface area (Å²) in [7, 11) is 0. The molecule has 0 fully saturated rings. The second-order valence-electron chi connectivity index (χ2n) is 9.49. The van der Waals surface area contributed by atoms with Gasteiger partial charge in [-0.15, -0.1) is 0 Å². The fraction of sp³-hybridized carbons (Fsp3) is 1.00. The van der Waals surface area contributed by atoms with Gasteiger partial charge in [0.05, 0.1) is 0 Å². The lowest BCUT2D eigenvalue weighted by Crippen LogP contribution is -2.38. The molecular formula is C27H57NO2. The van der Waals surface area contributed by atoms with Crippen LogP contribution in [0.5, 0.6) is 0 Å². The van der Waals surface area contributed by atoms with Gasteiger partial charge in [-0.2, -0.15) is 0 Å². The summed E-state index contributed by atoms with van der Waals surface area (Å²) in [5.41, 5.74) is 0. The van der Waals surface area contributed by atoms with E-state index in [2.05, 4.69) is 19.2 Å². The molecule has 182 valence electrons. The van der Waals surface area contributed by atoms with Crippen molar-refractivity contribution in [1.82, 2.24) is 5.32 Å². The van der Waals surface area contributed by atoms with E-state index in [1.807, 2.05) is 0 Å². The minimum absolute atomic E-state index is 0.553. The van der Waals surface area contributed by atoms with Crippen LogP contribution in [0.3, 0.4) is 0 Å². The Morgan fingerprint density at radius 2 is 0.633 bits per heavy atom. The van der Waals surface area contributed by atoms with Gasteiger partial charge in [0.25, 0.3) is 0 Å². The molecule has 3 heteroatoms. The van der Waals surface area contributed by atoms with Crippen molar-refractivity contribution in [2.75, 3.05) is 0 Å². The number of aliphatic hydroxyl groups excluding tert-OH is 2. The monoisotopic (exact) mass is 427 g/mol. The van der Waals surface area contributed by atoms with Gasteiger partial charge in [0, 0.05) is 0 Å². The molecule has 0 aliphatic heterocycles. The predicted molar refractivity (Wildman–Crippen MR) is 133 cm³/mol. The summed E-state index contributed by atoms with van der Waals surface area (Å²) < 4.78 is 0. The highest BCUT2D eigenvalue weighted by Crippen LogP contribution is 2.14. The van der Waals surface area contributed by atoms with Crippen molar-refractivity contribution in [2.24, 2.45) is 0 Å². The van der Waals surface area contributed by atoms with Crippen LogP contribution in [-0.2, 0) is 0 Å². The molecule has 3 nitrogen and oxygen atoms in total. The zero-order valence-corrected chi connectivity index (χ0v) is 20.8. The fourth-order valence-corrected chi connectivity index (χ4v) is 4.22. The Kier molecular flexibility index (Phi) is 25.0. The molecule has 0 saturated heterocycles. The predicted octanol–water partition coefficient (Wildman–Crippen LogP) is 8.22. The van der Waals surface area contributed by atoms with Gasteiger partial charge in [-0.25, -0.2) is 0 Å². The first-order chi connectivity index (χ1) is 14.7. The van der Waals surface area contributed by atoms with E-state index in [4.69, 9.17) is 0 Å². The minimum atomic E-state index is -0.554. The normalized spacial score (nSPS) is 13.6. The Hall–Kier alpha value is -0.120. The third kappa shape index (κ3) is 24.2. The first-order valence-corrected chi connectivity index (χ1v) is 13.8. The maximum atomic E-state index is 10.0. The average molecular weight is 428 g/mol. The molecule has 0 aliphatic carbocycles. The second kappa shape index (κ2) is 25.1. The number of hydrogen-bond donors (Lipinski definition) is 3. The van der Waals surface area contributed by atoms with E-state index in [0.717, 1.165) is 25.7 Å². The van der Waals surface area contributed by atoms with Gasteiger partial charge in [0.2, 0.25) is 0 Å². The lowest BCUT2D eigenvalue weighted by atomic mass is 10.0. The molecule has 0 aromatic carbocycles. The molecule has 0 bridgehead atoms. The van der Waals surface area contributed by atoms with Crippen LogP contribution >= 0.6 is 0 Å². The summed E-state index contributed by atoms with van der Waals surface area (Å²) in [6.07, 6.45) is 28.2. The van der Waals surface area contributed by atoms with Crippen LogP contribution in [0.25, 0.3) is 0 Å². The van der Waals surface area contributed by atoms with E-state index in [0.29, 0.717) is 0 Å². The lowest BCUT2D eigenvalue weighted by Gasteiger charge is -2.18. The Labute approximate surface area is 189 Å². The molecule has 0 rings (SSSR count). The van der Waals surface area contributed by atoms with Crippen molar-refractivity contribution in [1.29, 1.82) is 0 Å². The molecule has 2 unspecified atom stereocenters. The van der Waals surface area contributed by atoms with E-state index >= 15 is 0 Å². The van der Waals surface area contributed by atoms with E-state index < -0.39 is 12.5 Å². The van der Waals surface area contributed by atoms with E-state index in [1.165, 1.54) is 122 Å². The molecular weight excluding hydrogens is 370 g/mol. The van der Waals surface area contributed by atoms with Crippen LogP contribution in [0, 0.1) is 0 Å². The number of aliphatic hydroxyl groups is 2. The molecule has 3 N–H and O–H groups in total. The summed E-state index contributed by atoms with van der Waals surface area (Å²) in [5.74, 6) is 0. The first kappa shape index (κ1) is 29.9. The van der Waals surface area contributed by atoms with Crippen molar-refractivity contribution in [3.8, 4) is 0 Å². The zero-order valence-electron chi connectivity index (χ0n) is 20.8. The lowest BCUT2D eigenvalue weighted by molar-refractivity contribution is 0.0310. The zero-order chi connectivity index (χ0) is 22.1.